The molecule has 0 saturated carbocycles. The number of nitrogens with zero attached hydrogens (tertiary/aromatic N) is 1. The fourth-order valence-electron chi connectivity index (χ4n) is 2.27. The summed E-state index contributed by atoms with van der Waals surface area (Å²) in [6, 6.07) is 22.4. The highest BCUT2D eigenvalue weighted by atomic mass is 32.1. The number of benzene rings is 3. The Balaban J connectivity index is 1.82. The number of thiocarbonyl (C=S) groups is 1. The quantitative estimate of drug-likeness (QED) is 0.508. The number of nitrogens with one attached hydrogen (secondary N) is 2. The molecule has 0 fully saturated rings. The topological polar surface area (TPSA) is 27.3 Å². The first-order valence-corrected chi connectivity index (χ1v) is 7.97. The van der Waals surface area contributed by atoms with E-state index in [1.807, 2.05) is 60.7 Å². The third-order valence-electron chi connectivity index (χ3n) is 3.42. The summed E-state index contributed by atoms with van der Waals surface area (Å²) in [4.78, 5) is 0. The predicted octanol–water partition coefficient (Wildman–Crippen LogP) is 5.00. The molecule has 3 aromatic carbocycles. The minimum absolute atomic E-state index is 0.0972. The largest absolute Gasteiger partial charge is 0.329 e. The van der Waals surface area contributed by atoms with Crippen molar-refractivity contribution in [2.75, 3.05) is 10.3 Å². The van der Waals surface area contributed by atoms with Crippen molar-refractivity contribution in [3.63, 3.8) is 0 Å². The first-order chi connectivity index (χ1) is 12.1. The molecule has 126 valence electrons. The zero-order valence-corrected chi connectivity index (χ0v) is 13.9. The Hall–Kier alpha value is -2.99. The van der Waals surface area contributed by atoms with Crippen LogP contribution < -0.4 is 15.8 Å². The number of halogens is 2. The van der Waals surface area contributed by atoms with Crippen LogP contribution in [0.2, 0.25) is 0 Å². The lowest BCUT2D eigenvalue weighted by atomic mass is 10.2. The van der Waals surface area contributed by atoms with Gasteiger partial charge in [0.2, 0.25) is 0 Å². The van der Waals surface area contributed by atoms with Gasteiger partial charge in [-0.05, 0) is 48.6 Å². The van der Waals surface area contributed by atoms with E-state index in [1.54, 1.807) is 5.01 Å². The minimum Gasteiger partial charge on any atom is -0.329 e. The second-order valence-electron chi connectivity index (χ2n) is 5.20. The number of hydrogen-bond acceptors (Lipinski definition) is 2. The summed E-state index contributed by atoms with van der Waals surface area (Å²) in [5.41, 5.74) is 4.85. The van der Waals surface area contributed by atoms with Crippen LogP contribution in [0.15, 0.2) is 78.9 Å². The summed E-state index contributed by atoms with van der Waals surface area (Å²) >= 11 is 5.28. The molecule has 25 heavy (non-hydrogen) atoms. The average molecular weight is 355 g/mol. The van der Waals surface area contributed by atoms with Crippen LogP contribution in [0.1, 0.15) is 0 Å². The van der Waals surface area contributed by atoms with Gasteiger partial charge in [0, 0.05) is 6.07 Å². The first-order valence-electron chi connectivity index (χ1n) is 7.56. The van der Waals surface area contributed by atoms with Crippen LogP contribution in [0, 0.1) is 11.6 Å². The molecule has 0 aliphatic rings. The fourth-order valence-corrected chi connectivity index (χ4v) is 2.48. The van der Waals surface area contributed by atoms with Crippen LogP contribution in [0.3, 0.4) is 0 Å². The van der Waals surface area contributed by atoms with Crippen LogP contribution in [0.4, 0.5) is 25.8 Å². The molecular formula is C19H15F2N3S. The predicted molar refractivity (Wildman–Crippen MR) is 101 cm³/mol. The van der Waals surface area contributed by atoms with Gasteiger partial charge in [-0.3, -0.25) is 10.4 Å². The van der Waals surface area contributed by atoms with Gasteiger partial charge in [-0.25, -0.2) is 8.78 Å². The highest BCUT2D eigenvalue weighted by Crippen LogP contribution is 2.23. The van der Waals surface area contributed by atoms with Crippen molar-refractivity contribution in [2.24, 2.45) is 0 Å². The molecule has 0 radical (unpaired) electrons. The first kappa shape index (κ1) is 16.9. The van der Waals surface area contributed by atoms with Gasteiger partial charge >= 0.3 is 0 Å². The number of anilines is 3. The lowest BCUT2D eigenvalue weighted by molar-refractivity contribution is 0.586. The maximum atomic E-state index is 13.8. The number of hydrogen-bond donors (Lipinski definition) is 2. The fraction of sp³-hybridized carbons (Fsp3) is 0. The molecule has 3 aromatic rings. The molecular weight excluding hydrogens is 340 g/mol. The number of para-hydroxylation sites is 2. The second kappa shape index (κ2) is 7.72. The highest BCUT2D eigenvalue weighted by Gasteiger charge is 2.12. The normalized spacial score (nSPS) is 10.2. The van der Waals surface area contributed by atoms with E-state index in [-0.39, 0.29) is 10.8 Å². The Morgan fingerprint density at radius 3 is 1.88 bits per heavy atom. The molecule has 0 spiro atoms. The molecule has 6 heteroatoms. The van der Waals surface area contributed by atoms with Gasteiger partial charge in [0.1, 0.15) is 11.6 Å². The SMILES string of the molecule is Fc1ccc(NC(=S)NN(c2ccccc2)c2ccccc2)c(F)c1. The molecule has 0 unspecified atom stereocenters. The summed E-state index contributed by atoms with van der Waals surface area (Å²) in [5, 5.41) is 4.70. The third-order valence-corrected chi connectivity index (χ3v) is 3.61. The van der Waals surface area contributed by atoms with E-state index in [4.69, 9.17) is 12.2 Å². The van der Waals surface area contributed by atoms with Gasteiger partial charge in [-0.2, -0.15) is 0 Å². The van der Waals surface area contributed by atoms with Crippen molar-refractivity contribution in [3.8, 4) is 0 Å². The van der Waals surface area contributed by atoms with Crippen LogP contribution in [0.5, 0.6) is 0 Å². The lowest BCUT2D eigenvalue weighted by Gasteiger charge is -2.27. The van der Waals surface area contributed by atoms with E-state index in [0.29, 0.717) is 0 Å². The zero-order valence-electron chi connectivity index (χ0n) is 13.1. The number of hydrazine groups is 1. The maximum Gasteiger partial charge on any atom is 0.190 e. The van der Waals surface area contributed by atoms with Gasteiger partial charge in [0.05, 0.1) is 17.1 Å². The van der Waals surface area contributed by atoms with Crippen molar-refractivity contribution in [3.05, 3.63) is 90.5 Å². The van der Waals surface area contributed by atoms with Crippen molar-refractivity contribution in [1.82, 2.24) is 5.43 Å². The Kier molecular flexibility index (Phi) is 5.20. The third kappa shape index (κ3) is 4.30. The van der Waals surface area contributed by atoms with Crippen LogP contribution in [0.25, 0.3) is 0 Å². The standard InChI is InChI=1S/C19H15F2N3S/c20-14-11-12-18(17(21)13-14)22-19(25)23-24(15-7-3-1-4-8-15)16-9-5-2-6-10-16/h1-13H,(H2,22,23,25). The Bertz CT molecular complexity index is 818. The molecule has 0 aliphatic carbocycles. The van der Waals surface area contributed by atoms with E-state index in [1.165, 1.54) is 12.1 Å². The molecule has 0 saturated heterocycles. The molecule has 0 amide bonds. The maximum absolute atomic E-state index is 13.8. The molecule has 3 nitrogen and oxygen atoms in total. The monoisotopic (exact) mass is 355 g/mol. The van der Waals surface area contributed by atoms with E-state index in [9.17, 15) is 8.78 Å². The van der Waals surface area contributed by atoms with Crippen LogP contribution >= 0.6 is 12.2 Å². The summed E-state index contributed by atoms with van der Waals surface area (Å²) in [7, 11) is 0. The summed E-state index contributed by atoms with van der Waals surface area (Å²) in [5.74, 6) is -1.35. The van der Waals surface area contributed by atoms with Crippen LogP contribution in [-0.2, 0) is 0 Å². The smallest absolute Gasteiger partial charge is 0.190 e. The van der Waals surface area contributed by atoms with E-state index in [0.717, 1.165) is 17.4 Å². The molecule has 0 aromatic heterocycles. The van der Waals surface area contributed by atoms with Crippen LogP contribution in [-0.4, -0.2) is 5.11 Å². The Morgan fingerprint density at radius 2 is 1.36 bits per heavy atom. The van der Waals surface area contributed by atoms with Gasteiger partial charge in [0.15, 0.2) is 5.11 Å². The molecule has 0 atom stereocenters. The van der Waals surface area contributed by atoms with Crippen molar-refractivity contribution >= 4 is 34.4 Å². The van der Waals surface area contributed by atoms with Crippen molar-refractivity contribution in [1.29, 1.82) is 0 Å². The number of rotatable bonds is 4. The van der Waals surface area contributed by atoms with Gasteiger partial charge in [-0.15, -0.1) is 0 Å². The lowest BCUT2D eigenvalue weighted by Crippen LogP contribution is -2.41. The molecule has 2 N–H and O–H groups in total. The Morgan fingerprint density at radius 1 is 0.800 bits per heavy atom. The summed E-state index contributed by atoms with van der Waals surface area (Å²) < 4.78 is 26.8. The Labute approximate surface area is 149 Å². The average Bonchev–Trinajstić information content (AvgIpc) is 2.63. The summed E-state index contributed by atoms with van der Waals surface area (Å²) in [6.45, 7) is 0. The van der Waals surface area contributed by atoms with E-state index < -0.39 is 11.6 Å². The molecule has 0 heterocycles. The van der Waals surface area contributed by atoms with Gasteiger partial charge in [-0.1, -0.05) is 36.4 Å². The molecule has 0 bridgehead atoms. The highest BCUT2D eigenvalue weighted by molar-refractivity contribution is 7.80. The molecule has 3 rings (SSSR count). The van der Waals surface area contributed by atoms with Gasteiger partial charge < -0.3 is 5.32 Å². The molecule has 0 aliphatic heterocycles. The van der Waals surface area contributed by atoms with Crippen molar-refractivity contribution < 1.29 is 8.78 Å². The summed E-state index contributed by atoms with van der Waals surface area (Å²) in [6.07, 6.45) is 0. The van der Waals surface area contributed by atoms with E-state index >= 15 is 0 Å². The van der Waals surface area contributed by atoms with E-state index in [2.05, 4.69) is 10.7 Å². The van der Waals surface area contributed by atoms with Crippen molar-refractivity contribution in [2.45, 2.75) is 0 Å². The van der Waals surface area contributed by atoms with Gasteiger partial charge in [0.25, 0.3) is 0 Å². The zero-order chi connectivity index (χ0) is 17.6. The minimum atomic E-state index is -0.713. The second-order valence-corrected chi connectivity index (χ2v) is 5.60.